The lowest BCUT2D eigenvalue weighted by Crippen LogP contribution is -2.46. The van der Waals surface area contributed by atoms with Gasteiger partial charge in [0.05, 0.1) is 6.04 Å². The van der Waals surface area contributed by atoms with Crippen LogP contribution in [-0.4, -0.2) is 17.7 Å². The van der Waals surface area contributed by atoms with E-state index in [1.807, 2.05) is 31.2 Å². The first kappa shape index (κ1) is 13.4. The highest BCUT2D eigenvalue weighted by Gasteiger charge is 2.29. The number of hydrogen-bond acceptors (Lipinski definition) is 2. The minimum Gasteiger partial charge on any atom is -0.345 e. The molecule has 0 saturated carbocycles. The van der Waals surface area contributed by atoms with Crippen molar-refractivity contribution in [3.8, 4) is 0 Å². The normalized spacial score (nSPS) is 24.1. The molecule has 0 radical (unpaired) electrons. The van der Waals surface area contributed by atoms with Crippen molar-refractivity contribution >= 4 is 11.7 Å². The maximum atomic E-state index is 11.6. The summed E-state index contributed by atoms with van der Waals surface area (Å²) in [6.45, 7) is 7.06. The third-order valence-corrected chi connectivity index (χ3v) is 2.94. The maximum Gasteiger partial charge on any atom is 0.224 e. The molecule has 1 aliphatic rings. The molecule has 17 heavy (non-hydrogen) atoms. The first-order valence-corrected chi connectivity index (χ1v) is 5.82. The highest BCUT2D eigenvalue weighted by atomic mass is 16.2. The van der Waals surface area contributed by atoms with Crippen LogP contribution in [0.1, 0.15) is 20.3 Å². The molecule has 0 aromatic rings. The van der Waals surface area contributed by atoms with Crippen molar-refractivity contribution in [2.24, 2.45) is 11.8 Å². The number of Topliss-reactive ketones (excluding diaryl/α,β-unsaturated/α-hetero) is 1. The third kappa shape index (κ3) is 3.70. The minimum absolute atomic E-state index is 0.0146. The summed E-state index contributed by atoms with van der Waals surface area (Å²) in [6.07, 6.45) is 9.67. The van der Waals surface area contributed by atoms with Crippen molar-refractivity contribution in [2.45, 2.75) is 26.3 Å². The van der Waals surface area contributed by atoms with E-state index in [0.29, 0.717) is 0 Å². The Labute approximate surface area is 102 Å². The van der Waals surface area contributed by atoms with Gasteiger partial charge in [0.25, 0.3) is 0 Å². The fourth-order valence-corrected chi connectivity index (χ4v) is 1.98. The summed E-state index contributed by atoms with van der Waals surface area (Å²) < 4.78 is 0. The summed E-state index contributed by atoms with van der Waals surface area (Å²) in [5.74, 6) is 0.110. The van der Waals surface area contributed by atoms with E-state index in [9.17, 15) is 9.59 Å². The van der Waals surface area contributed by atoms with Gasteiger partial charge in [-0.2, -0.15) is 0 Å². The Bertz CT molecular complexity index is 368. The van der Waals surface area contributed by atoms with Crippen molar-refractivity contribution in [3.05, 3.63) is 37.0 Å². The molecule has 0 aliphatic heterocycles. The fraction of sp³-hybridized carbons (Fsp3) is 0.429. The molecule has 2 unspecified atom stereocenters. The molecule has 0 bridgehead atoms. The standard InChI is InChI=1S/C14H19NO2/c1-4-7-13(17)15-14(11(3)16)12-9-6-5-8-10(12)2/h4-6,8-10,12,14H,1,7H2,2-3H3,(H,15,17)/t10?,12?,14-/m1/s1. The molecule has 0 aromatic carbocycles. The molecule has 3 nitrogen and oxygen atoms in total. The predicted octanol–water partition coefficient (Wildman–Crippen LogP) is 2.01. The summed E-state index contributed by atoms with van der Waals surface area (Å²) in [5, 5.41) is 2.77. The van der Waals surface area contributed by atoms with Gasteiger partial charge in [0.15, 0.2) is 5.78 Å². The van der Waals surface area contributed by atoms with Crippen molar-refractivity contribution in [2.75, 3.05) is 0 Å². The minimum atomic E-state index is -0.446. The van der Waals surface area contributed by atoms with Gasteiger partial charge in [0.1, 0.15) is 0 Å². The molecule has 92 valence electrons. The molecule has 0 saturated heterocycles. The second-order valence-corrected chi connectivity index (χ2v) is 4.35. The quantitative estimate of drug-likeness (QED) is 0.738. The van der Waals surface area contributed by atoms with Crippen molar-refractivity contribution in [1.29, 1.82) is 0 Å². The van der Waals surface area contributed by atoms with E-state index < -0.39 is 6.04 Å². The number of carbonyl (C=O) groups is 2. The molecule has 3 atom stereocenters. The number of rotatable bonds is 5. The Morgan fingerprint density at radius 2 is 2.06 bits per heavy atom. The van der Waals surface area contributed by atoms with E-state index >= 15 is 0 Å². The van der Waals surface area contributed by atoms with Gasteiger partial charge in [-0.25, -0.2) is 0 Å². The molecule has 1 N–H and O–H groups in total. The molecule has 0 heterocycles. The largest absolute Gasteiger partial charge is 0.345 e. The van der Waals surface area contributed by atoms with E-state index in [-0.39, 0.29) is 29.9 Å². The van der Waals surface area contributed by atoms with Gasteiger partial charge in [-0.05, 0) is 12.8 Å². The highest BCUT2D eigenvalue weighted by Crippen LogP contribution is 2.23. The Hall–Kier alpha value is -1.64. The number of ketones is 1. The van der Waals surface area contributed by atoms with Crippen LogP contribution in [0.15, 0.2) is 37.0 Å². The first-order valence-electron chi connectivity index (χ1n) is 5.82. The smallest absolute Gasteiger partial charge is 0.224 e. The van der Waals surface area contributed by atoms with Crippen LogP contribution in [-0.2, 0) is 9.59 Å². The molecular weight excluding hydrogens is 214 g/mol. The number of carbonyl (C=O) groups excluding carboxylic acids is 2. The van der Waals surface area contributed by atoms with Gasteiger partial charge in [0, 0.05) is 12.3 Å². The molecule has 3 heteroatoms. The summed E-state index contributed by atoms with van der Waals surface area (Å²) in [7, 11) is 0. The summed E-state index contributed by atoms with van der Waals surface area (Å²) in [5.41, 5.74) is 0. The fourth-order valence-electron chi connectivity index (χ4n) is 1.98. The van der Waals surface area contributed by atoms with E-state index in [2.05, 4.69) is 11.9 Å². The van der Waals surface area contributed by atoms with Crippen LogP contribution in [0.4, 0.5) is 0 Å². The SMILES string of the molecule is C=CCC(=O)N[C@H](C(C)=O)C1C=CC=CC1C. The van der Waals surface area contributed by atoms with Gasteiger partial charge >= 0.3 is 0 Å². The van der Waals surface area contributed by atoms with Crippen molar-refractivity contribution in [1.82, 2.24) is 5.32 Å². The summed E-state index contributed by atoms with van der Waals surface area (Å²) >= 11 is 0. The lowest BCUT2D eigenvalue weighted by atomic mass is 9.82. The van der Waals surface area contributed by atoms with Gasteiger partial charge in [-0.15, -0.1) is 6.58 Å². The van der Waals surface area contributed by atoms with Gasteiger partial charge in [-0.1, -0.05) is 37.3 Å². The summed E-state index contributed by atoms with van der Waals surface area (Å²) in [4.78, 5) is 23.2. The van der Waals surface area contributed by atoms with E-state index in [1.54, 1.807) is 0 Å². The number of amides is 1. The molecule has 0 fully saturated rings. The van der Waals surface area contributed by atoms with Crippen LogP contribution < -0.4 is 5.32 Å². The predicted molar refractivity (Wildman–Crippen MR) is 68.4 cm³/mol. The van der Waals surface area contributed by atoms with Crippen LogP contribution in [0.2, 0.25) is 0 Å². The second-order valence-electron chi connectivity index (χ2n) is 4.35. The van der Waals surface area contributed by atoms with Crippen LogP contribution in [0, 0.1) is 11.8 Å². The van der Waals surface area contributed by atoms with Crippen molar-refractivity contribution in [3.63, 3.8) is 0 Å². The van der Waals surface area contributed by atoms with E-state index in [0.717, 1.165) is 0 Å². The summed E-state index contributed by atoms with van der Waals surface area (Å²) in [6, 6.07) is -0.446. The van der Waals surface area contributed by atoms with Crippen molar-refractivity contribution < 1.29 is 9.59 Å². The first-order chi connectivity index (χ1) is 8.06. The lowest BCUT2D eigenvalue weighted by molar-refractivity contribution is -0.127. The van der Waals surface area contributed by atoms with E-state index in [1.165, 1.54) is 13.0 Å². The van der Waals surface area contributed by atoms with E-state index in [4.69, 9.17) is 0 Å². The number of allylic oxidation sites excluding steroid dienone is 3. The topological polar surface area (TPSA) is 46.2 Å². The number of nitrogens with one attached hydrogen (secondary N) is 1. The zero-order valence-corrected chi connectivity index (χ0v) is 10.3. The highest BCUT2D eigenvalue weighted by molar-refractivity contribution is 5.88. The molecule has 1 aliphatic carbocycles. The Balaban J connectivity index is 2.75. The Kier molecular flexibility index (Phi) is 4.88. The molecule has 0 spiro atoms. The van der Waals surface area contributed by atoms with Gasteiger partial charge < -0.3 is 5.32 Å². The average molecular weight is 233 g/mol. The maximum absolute atomic E-state index is 11.6. The monoisotopic (exact) mass is 233 g/mol. The lowest BCUT2D eigenvalue weighted by Gasteiger charge is -2.28. The van der Waals surface area contributed by atoms with Crippen LogP contribution in [0.5, 0.6) is 0 Å². The second kappa shape index (κ2) is 6.18. The molecular formula is C14H19NO2. The number of hydrogen-bond donors (Lipinski definition) is 1. The van der Waals surface area contributed by atoms with Gasteiger partial charge in [0.2, 0.25) is 5.91 Å². The van der Waals surface area contributed by atoms with Gasteiger partial charge in [-0.3, -0.25) is 9.59 Å². The van der Waals surface area contributed by atoms with Crippen LogP contribution in [0.3, 0.4) is 0 Å². The Morgan fingerprint density at radius 3 is 2.59 bits per heavy atom. The molecule has 1 rings (SSSR count). The zero-order valence-electron chi connectivity index (χ0n) is 10.3. The Morgan fingerprint density at radius 1 is 1.41 bits per heavy atom. The van der Waals surface area contributed by atoms with Crippen LogP contribution in [0.25, 0.3) is 0 Å². The molecule has 0 aromatic heterocycles. The zero-order chi connectivity index (χ0) is 12.8. The third-order valence-electron chi connectivity index (χ3n) is 2.94. The van der Waals surface area contributed by atoms with Crippen LogP contribution >= 0.6 is 0 Å². The molecule has 1 amide bonds. The average Bonchev–Trinajstić information content (AvgIpc) is 2.27.